The third-order valence-electron chi connectivity index (χ3n) is 2.66. The molecule has 86 valence electrons. The molecule has 0 bridgehead atoms. The van der Waals surface area contributed by atoms with Gasteiger partial charge in [-0.2, -0.15) is 0 Å². The van der Waals surface area contributed by atoms with Gasteiger partial charge in [0.05, 0.1) is 0 Å². The van der Waals surface area contributed by atoms with Crippen LogP contribution >= 0.6 is 0 Å². The fraction of sp³-hybridized carbons (Fsp3) is 0.667. The van der Waals surface area contributed by atoms with Gasteiger partial charge in [-0.05, 0) is 19.8 Å². The van der Waals surface area contributed by atoms with Crippen molar-refractivity contribution >= 4 is 11.7 Å². The van der Waals surface area contributed by atoms with Gasteiger partial charge in [0.2, 0.25) is 5.91 Å². The lowest BCUT2D eigenvalue weighted by atomic mass is 9.78. The fourth-order valence-electron chi connectivity index (χ4n) is 1.64. The van der Waals surface area contributed by atoms with Gasteiger partial charge in [0.25, 0.3) is 0 Å². The van der Waals surface area contributed by atoms with E-state index in [-0.39, 0.29) is 11.7 Å². The number of ketones is 1. The Kier molecular flexibility index (Phi) is 5.26. The second-order valence-corrected chi connectivity index (χ2v) is 4.14. The van der Waals surface area contributed by atoms with Crippen molar-refractivity contribution < 1.29 is 9.59 Å². The SMILES string of the molecule is C=CCCC(C)(C(=O)CC)C(=O)N(C)C. The van der Waals surface area contributed by atoms with E-state index in [1.54, 1.807) is 34.0 Å². The molecule has 0 spiro atoms. The minimum absolute atomic E-state index is 0.00282. The molecule has 0 aliphatic carbocycles. The number of allylic oxidation sites excluding steroid dienone is 1. The molecule has 1 atom stereocenters. The summed E-state index contributed by atoms with van der Waals surface area (Å²) >= 11 is 0. The molecule has 0 aromatic carbocycles. The van der Waals surface area contributed by atoms with Crippen molar-refractivity contribution in [2.24, 2.45) is 5.41 Å². The maximum absolute atomic E-state index is 11.9. The van der Waals surface area contributed by atoms with Gasteiger partial charge in [-0.25, -0.2) is 0 Å². The van der Waals surface area contributed by atoms with Crippen LogP contribution in [0, 0.1) is 5.41 Å². The molecule has 0 aromatic rings. The Hall–Kier alpha value is -1.12. The van der Waals surface area contributed by atoms with Gasteiger partial charge in [0.15, 0.2) is 0 Å². The van der Waals surface area contributed by atoms with E-state index in [0.29, 0.717) is 19.3 Å². The number of nitrogens with zero attached hydrogens (tertiary/aromatic N) is 1. The van der Waals surface area contributed by atoms with Crippen LogP contribution < -0.4 is 0 Å². The van der Waals surface area contributed by atoms with Gasteiger partial charge >= 0.3 is 0 Å². The first-order chi connectivity index (χ1) is 6.90. The predicted molar refractivity (Wildman–Crippen MR) is 61.5 cm³/mol. The van der Waals surface area contributed by atoms with E-state index in [4.69, 9.17) is 0 Å². The van der Waals surface area contributed by atoms with Crippen molar-refractivity contribution in [1.29, 1.82) is 0 Å². The van der Waals surface area contributed by atoms with Crippen molar-refractivity contribution in [3.05, 3.63) is 12.7 Å². The van der Waals surface area contributed by atoms with E-state index >= 15 is 0 Å². The maximum Gasteiger partial charge on any atom is 0.235 e. The third-order valence-corrected chi connectivity index (χ3v) is 2.66. The Morgan fingerprint density at radius 3 is 2.27 bits per heavy atom. The summed E-state index contributed by atoms with van der Waals surface area (Å²) < 4.78 is 0. The minimum atomic E-state index is -0.882. The molecule has 0 aliphatic heterocycles. The van der Waals surface area contributed by atoms with Crippen LogP contribution in [0.4, 0.5) is 0 Å². The Morgan fingerprint density at radius 2 is 1.93 bits per heavy atom. The zero-order valence-electron chi connectivity index (χ0n) is 10.2. The number of amides is 1. The van der Waals surface area contributed by atoms with Crippen LogP contribution in [0.5, 0.6) is 0 Å². The van der Waals surface area contributed by atoms with Crippen LogP contribution in [0.3, 0.4) is 0 Å². The van der Waals surface area contributed by atoms with Crippen molar-refractivity contribution in [3.8, 4) is 0 Å². The van der Waals surface area contributed by atoms with Crippen LogP contribution in [0.1, 0.15) is 33.1 Å². The molecular weight excluding hydrogens is 190 g/mol. The molecule has 1 amide bonds. The summed E-state index contributed by atoms with van der Waals surface area (Å²) in [7, 11) is 3.36. The van der Waals surface area contributed by atoms with Gasteiger partial charge in [-0.3, -0.25) is 9.59 Å². The molecule has 0 fully saturated rings. The fourth-order valence-corrected chi connectivity index (χ4v) is 1.64. The highest BCUT2D eigenvalue weighted by Gasteiger charge is 2.39. The zero-order chi connectivity index (χ0) is 12.1. The van der Waals surface area contributed by atoms with E-state index in [1.807, 2.05) is 0 Å². The van der Waals surface area contributed by atoms with Gasteiger partial charge in [-0.1, -0.05) is 13.0 Å². The lowest BCUT2D eigenvalue weighted by Gasteiger charge is -2.29. The number of carbonyl (C=O) groups is 2. The minimum Gasteiger partial charge on any atom is -0.348 e. The lowest BCUT2D eigenvalue weighted by molar-refractivity contribution is -0.147. The number of rotatable bonds is 6. The largest absolute Gasteiger partial charge is 0.348 e. The molecular formula is C12H21NO2. The first-order valence-corrected chi connectivity index (χ1v) is 5.26. The number of Topliss-reactive ketones (excluding diaryl/α,β-unsaturated/α-hetero) is 1. The summed E-state index contributed by atoms with van der Waals surface area (Å²) in [4.78, 5) is 25.2. The molecule has 1 unspecified atom stereocenters. The van der Waals surface area contributed by atoms with Crippen LogP contribution in [-0.4, -0.2) is 30.7 Å². The van der Waals surface area contributed by atoms with E-state index in [0.717, 1.165) is 0 Å². The van der Waals surface area contributed by atoms with E-state index in [1.165, 1.54) is 4.90 Å². The smallest absolute Gasteiger partial charge is 0.235 e. The second-order valence-electron chi connectivity index (χ2n) is 4.14. The van der Waals surface area contributed by atoms with Crippen LogP contribution in [-0.2, 0) is 9.59 Å². The summed E-state index contributed by atoms with van der Waals surface area (Å²) in [5.41, 5.74) is -0.882. The Labute approximate surface area is 92.1 Å². The first kappa shape index (κ1) is 13.9. The third kappa shape index (κ3) is 3.18. The lowest BCUT2D eigenvalue weighted by Crippen LogP contribution is -2.43. The van der Waals surface area contributed by atoms with Crippen LogP contribution in [0.15, 0.2) is 12.7 Å². The highest BCUT2D eigenvalue weighted by atomic mass is 16.2. The highest BCUT2D eigenvalue weighted by Crippen LogP contribution is 2.28. The molecule has 0 radical (unpaired) electrons. The van der Waals surface area contributed by atoms with Gasteiger partial charge in [0.1, 0.15) is 11.2 Å². The summed E-state index contributed by atoms with van der Waals surface area (Å²) in [6.45, 7) is 7.13. The molecule has 0 saturated heterocycles. The Morgan fingerprint density at radius 1 is 1.40 bits per heavy atom. The summed E-state index contributed by atoms with van der Waals surface area (Å²) in [6, 6.07) is 0. The topological polar surface area (TPSA) is 37.4 Å². The summed E-state index contributed by atoms with van der Waals surface area (Å²) in [5, 5.41) is 0. The second kappa shape index (κ2) is 5.69. The quantitative estimate of drug-likeness (QED) is 0.498. The molecule has 0 aromatic heterocycles. The van der Waals surface area contributed by atoms with Crippen LogP contribution in [0.25, 0.3) is 0 Å². The predicted octanol–water partition coefficient (Wildman–Crippen LogP) is 2.03. The van der Waals surface area contributed by atoms with E-state index < -0.39 is 5.41 Å². The Bertz CT molecular complexity index is 258. The first-order valence-electron chi connectivity index (χ1n) is 5.26. The molecule has 3 heteroatoms. The molecule has 15 heavy (non-hydrogen) atoms. The van der Waals surface area contributed by atoms with Gasteiger partial charge in [0, 0.05) is 20.5 Å². The van der Waals surface area contributed by atoms with E-state index in [2.05, 4.69) is 6.58 Å². The average Bonchev–Trinajstić information content (AvgIpc) is 2.23. The normalized spacial score (nSPS) is 14.1. The number of carbonyl (C=O) groups excluding carboxylic acids is 2. The van der Waals surface area contributed by atoms with Crippen molar-refractivity contribution in [3.63, 3.8) is 0 Å². The van der Waals surface area contributed by atoms with Crippen LogP contribution in [0.2, 0.25) is 0 Å². The van der Waals surface area contributed by atoms with E-state index in [9.17, 15) is 9.59 Å². The standard InChI is InChI=1S/C12H21NO2/c1-6-8-9-12(3,10(14)7-2)11(15)13(4)5/h6H,1,7-9H2,2-5H3. The maximum atomic E-state index is 11.9. The molecule has 0 heterocycles. The Balaban J connectivity index is 4.92. The van der Waals surface area contributed by atoms with Crippen molar-refractivity contribution in [2.45, 2.75) is 33.1 Å². The summed E-state index contributed by atoms with van der Waals surface area (Å²) in [5.74, 6) is -0.112. The highest BCUT2D eigenvalue weighted by molar-refractivity contribution is 6.05. The zero-order valence-corrected chi connectivity index (χ0v) is 10.2. The molecule has 0 rings (SSSR count). The molecule has 3 nitrogen and oxygen atoms in total. The summed E-state index contributed by atoms with van der Waals surface area (Å²) in [6.07, 6.45) is 3.36. The number of hydrogen-bond acceptors (Lipinski definition) is 2. The van der Waals surface area contributed by atoms with Crippen molar-refractivity contribution in [2.75, 3.05) is 14.1 Å². The monoisotopic (exact) mass is 211 g/mol. The molecule has 0 N–H and O–H groups in total. The van der Waals surface area contributed by atoms with Gasteiger partial charge in [-0.15, -0.1) is 6.58 Å². The number of hydrogen-bond donors (Lipinski definition) is 0. The van der Waals surface area contributed by atoms with Crippen molar-refractivity contribution in [1.82, 2.24) is 4.90 Å². The van der Waals surface area contributed by atoms with Gasteiger partial charge < -0.3 is 4.90 Å². The average molecular weight is 211 g/mol. The molecule has 0 saturated carbocycles. The molecule has 0 aliphatic rings.